The first-order valence-corrected chi connectivity index (χ1v) is 22.2. The zero-order chi connectivity index (χ0) is 41.9. The lowest BCUT2D eigenvalue weighted by atomic mass is 9.93. The van der Waals surface area contributed by atoms with Crippen molar-refractivity contribution >= 4 is 65.2 Å². The van der Waals surface area contributed by atoms with Crippen LogP contribution in [0, 0.1) is 0 Å². The van der Waals surface area contributed by atoms with Crippen molar-refractivity contribution in [2.45, 2.75) is 0 Å². The molecule has 296 valence electrons. The molecule has 0 spiro atoms. The van der Waals surface area contributed by atoms with Crippen LogP contribution >= 0.6 is 0 Å². The fourth-order valence-electron chi connectivity index (χ4n) is 11.0. The van der Waals surface area contributed by atoms with E-state index in [0.29, 0.717) is 0 Å². The molecular weight excluding hydrogens is 773 g/mol. The van der Waals surface area contributed by atoms with E-state index in [0.717, 1.165) is 0 Å². The van der Waals surface area contributed by atoms with Crippen molar-refractivity contribution in [1.82, 2.24) is 9.13 Å². The van der Waals surface area contributed by atoms with Gasteiger partial charge in [0.2, 0.25) is 0 Å². The number of hydrogen-bond donors (Lipinski definition) is 0. The van der Waals surface area contributed by atoms with Gasteiger partial charge >= 0.3 is 0 Å². The highest BCUT2D eigenvalue weighted by molar-refractivity contribution is 6.20. The van der Waals surface area contributed by atoms with Gasteiger partial charge < -0.3 is 9.13 Å². The van der Waals surface area contributed by atoms with E-state index in [9.17, 15) is 0 Å². The number of para-hydroxylation sites is 3. The van der Waals surface area contributed by atoms with Gasteiger partial charge in [-0.2, -0.15) is 0 Å². The minimum Gasteiger partial charge on any atom is -0.309 e. The normalized spacial score (nSPS) is 12.1. The van der Waals surface area contributed by atoms with Crippen LogP contribution in [0.4, 0.5) is 0 Å². The van der Waals surface area contributed by atoms with Crippen molar-refractivity contribution < 1.29 is 0 Å². The summed E-state index contributed by atoms with van der Waals surface area (Å²) in [6.45, 7) is 0. The number of fused-ring (bicyclic) bond motifs is 11. The van der Waals surface area contributed by atoms with Gasteiger partial charge in [-0.3, -0.25) is 0 Å². The van der Waals surface area contributed by atoms with Crippen LogP contribution in [0.1, 0.15) is 0 Å². The smallest absolute Gasteiger partial charge is 0.0619 e. The van der Waals surface area contributed by atoms with Crippen molar-refractivity contribution in [3.05, 3.63) is 231 Å². The predicted octanol–water partition coefficient (Wildman–Crippen LogP) is 16.8. The van der Waals surface area contributed by atoms with Gasteiger partial charge in [0.15, 0.2) is 0 Å². The fourth-order valence-corrected chi connectivity index (χ4v) is 11.0. The summed E-state index contributed by atoms with van der Waals surface area (Å²) in [5, 5.41) is 10.2. The van der Waals surface area contributed by atoms with Gasteiger partial charge in [0, 0.05) is 38.2 Å². The third-order valence-corrected chi connectivity index (χ3v) is 13.9. The molecule has 0 saturated heterocycles. The molecule has 13 aromatic rings. The largest absolute Gasteiger partial charge is 0.309 e. The zero-order valence-electron chi connectivity index (χ0n) is 34.8. The Labute approximate surface area is 370 Å². The molecule has 1 aliphatic rings. The molecular formula is C62H38N2. The van der Waals surface area contributed by atoms with E-state index in [2.05, 4.69) is 240 Å². The Kier molecular flexibility index (Phi) is 7.43. The summed E-state index contributed by atoms with van der Waals surface area (Å²) in [6, 6.07) is 85.2. The second-order valence-electron chi connectivity index (χ2n) is 17.2. The summed E-state index contributed by atoms with van der Waals surface area (Å²) in [5.41, 5.74) is 19.8. The molecule has 2 heteroatoms. The van der Waals surface area contributed by atoms with E-state index in [1.165, 1.54) is 132 Å². The molecule has 14 rings (SSSR count). The molecule has 0 fully saturated rings. The maximum absolute atomic E-state index is 2.46. The monoisotopic (exact) mass is 810 g/mol. The highest BCUT2D eigenvalue weighted by Gasteiger charge is 2.23. The van der Waals surface area contributed by atoms with E-state index in [-0.39, 0.29) is 0 Å². The molecule has 2 heterocycles. The Morgan fingerprint density at radius 1 is 0.250 bits per heavy atom. The summed E-state index contributed by atoms with van der Waals surface area (Å²) in [6.07, 6.45) is 0. The number of hydrogen-bond acceptors (Lipinski definition) is 0. The van der Waals surface area contributed by atoms with Gasteiger partial charge in [0.05, 0.1) is 27.8 Å². The summed E-state index contributed by atoms with van der Waals surface area (Å²) < 4.78 is 4.89. The minimum atomic E-state index is 1.17. The summed E-state index contributed by atoms with van der Waals surface area (Å²) in [5.74, 6) is 0. The van der Waals surface area contributed by atoms with Crippen molar-refractivity contribution in [3.63, 3.8) is 0 Å². The Morgan fingerprint density at radius 3 is 1.56 bits per heavy atom. The molecule has 1 aliphatic carbocycles. The van der Waals surface area contributed by atoms with E-state index in [4.69, 9.17) is 0 Å². The maximum Gasteiger partial charge on any atom is 0.0619 e. The molecule has 0 aliphatic heterocycles. The van der Waals surface area contributed by atoms with Gasteiger partial charge in [-0.15, -0.1) is 0 Å². The molecule has 11 aromatic carbocycles. The van der Waals surface area contributed by atoms with Crippen LogP contribution in [0.25, 0.3) is 132 Å². The van der Waals surface area contributed by atoms with Crippen molar-refractivity contribution in [2.75, 3.05) is 0 Å². The van der Waals surface area contributed by atoms with Gasteiger partial charge in [0.25, 0.3) is 0 Å². The van der Waals surface area contributed by atoms with Crippen LogP contribution in [0.2, 0.25) is 0 Å². The molecule has 0 bridgehead atoms. The first-order chi connectivity index (χ1) is 31.8. The molecule has 2 nitrogen and oxygen atoms in total. The number of rotatable bonds is 5. The molecule has 0 radical (unpaired) electrons. The van der Waals surface area contributed by atoms with E-state index < -0.39 is 0 Å². The lowest BCUT2D eigenvalue weighted by Crippen LogP contribution is -1.97. The average Bonchev–Trinajstić information content (AvgIpc) is 4.00. The highest BCUT2D eigenvalue weighted by Crippen LogP contribution is 2.49. The van der Waals surface area contributed by atoms with Crippen molar-refractivity contribution in [2.24, 2.45) is 0 Å². The SMILES string of the molecule is c1ccc(-n2c3ccc(-c4ccc5c(c4)c4ccccc4n5-c4ccccc4-c4ccc(-c5ccc6c7c(cccc57)-c5ccccc5-6)cc4)cc3c3ccc4ccccc4c32)cc1. The summed E-state index contributed by atoms with van der Waals surface area (Å²) >= 11 is 0. The molecule has 0 unspecified atom stereocenters. The van der Waals surface area contributed by atoms with E-state index in [1.54, 1.807) is 0 Å². The zero-order valence-corrected chi connectivity index (χ0v) is 34.8. The van der Waals surface area contributed by atoms with Crippen molar-refractivity contribution in [3.8, 4) is 67.0 Å². The Morgan fingerprint density at radius 2 is 0.781 bits per heavy atom. The topological polar surface area (TPSA) is 9.86 Å². The van der Waals surface area contributed by atoms with Crippen molar-refractivity contribution in [1.29, 1.82) is 0 Å². The van der Waals surface area contributed by atoms with Gasteiger partial charge in [-0.25, -0.2) is 0 Å². The van der Waals surface area contributed by atoms with Crippen LogP contribution in [0.3, 0.4) is 0 Å². The summed E-state index contributed by atoms with van der Waals surface area (Å²) in [7, 11) is 0. The number of nitrogens with zero attached hydrogens (tertiary/aromatic N) is 2. The van der Waals surface area contributed by atoms with Gasteiger partial charge in [-0.1, -0.05) is 182 Å². The maximum atomic E-state index is 2.46. The summed E-state index contributed by atoms with van der Waals surface area (Å²) in [4.78, 5) is 0. The lowest BCUT2D eigenvalue weighted by molar-refractivity contribution is 1.18. The lowest BCUT2D eigenvalue weighted by Gasteiger charge is -2.15. The Bertz CT molecular complexity index is 4020. The van der Waals surface area contributed by atoms with Gasteiger partial charge in [0.1, 0.15) is 0 Å². The molecule has 0 amide bonds. The Hall–Kier alpha value is -8.46. The molecule has 0 atom stereocenters. The molecule has 0 N–H and O–H groups in total. The minimum absolute atomic E-state index is 1.17. The second-order valence-corrected chi connectivity index (χ2v) is 17.2. The van der Waals surface area contributed by atoms with Crippen LogP contribution in [0.5, 0.6) is 0 Å². The third kappa shape index (κ3) is 5.02. The molecule has 0 saturated carbocycles. The van der Waals surface area contributed by atoms with Crippen LogP contribution in [-0.4, -0.2) is 9.13 Å². The predicted molar refractivity (Wildman–Crippen MR) is 271 cm³/mol. The fraction of sp³-hybridized carbons (Fsp3) is 0. The van der Waals surface area contributed by atoms with Crippen LogP contribution < -0.4 is 0 Å². The van der Waals surface area contributed by atoms with Crippen LogP contribution in [0.15, 0.2) is 231 Å². The number of benzene rings is 11. The average molecular weight is 811 g/mol. The van der Waals surface area contributed by atoms with E-state index >= 15 is 0 Å². The quantitative estimate of drug-likeness (QED) is 0.164. The Balaban J connectivity index is 0.885. The number of aromatic nitrogens is 2. The first kappa shape index (κ1) is 35.2. The standard InChI is InChI=1S/C62H38N2/c1-2-14-44(15-3-1)63-59-35-30-43(38-56(59)54-32-29-39-13-4-5-17-47(39)62(54)63)42-31-36-60-55(37-42)50-20-9-11-24-58(50)64(60)57-23-10-8-16-46(57)41-27-25-40(26-28-41)45-33-34-53-49-19-7-6-18-48(49)52-22-12-21-51(45)61(52)53/h1-38H. The van der Waals surface area contributed by atoms with Crippen LogP contribution in [-0.2, 0) is 0 Å². The molecule has 2 aromatic heterocycles. The van der Waals surface area contributed by atoms with E-state index in [1.807, 2.05) is 0 Å². The van der Waals surface area contributed by atoms with Gasteiger partial charge in [-0.05, 0) is 115 Å². The molecule has 64 heavy (non-hydrogen) atoms. The second kappa shape index (κ2) is 13.5. The third-order valence-electron chi connectivity index (χ3n) is 13.9. The first-order valence-electron chi connectivity index (χ1n) is 22.2. The highest BCUT2D eigenvalue weighted by atomic mass is 15.0.